The van der Waals surface area contributed by atoms with E-state index in [-0.39, 0.29) is 0 Å². The highest BCUT2D eigenvalue weighted by molar-refractivity contribution is 5.62. The summed E-state index contributed by atoms with van der Waals surface area (Å²) in [6.45, 7) is 5.92. The molecule has 1 saturated heterocycles. The van der Waals surface area contributed by atoms with Gasteiger partial charge in [0.2, 0.25) is 0 Å². The molecule has 1 saturated carbocycles. The molecule has 3 nitrogen and oxygen atoms in total. The van der Waals surface area contributed by atoms with Gasteiger partial charge in [-0.3, -0.25) is 9.58 Å². The van der Waals surface area contributed by atoms with E-state index in [1.165, 1.54) is 61.9 Å². The standard InChI is InChI=1S/C20H27N3/c1-16(22-11-3-2-4-12-22)18-7-9-19(10-8-18)20-13-21-23(15-20)14-17-5-6-17/h7-10,13,15-17H,2-6,11-12,14H2,1H3/t16-/m0/s1. The van der Waals surface area contributed by atoms with E-state index in [4.69, 9.17) is 0 Å². The summed E-state index contributed by atoms with van der Waals surface area (Å²) in [5.74, 6) is 0.871. The van der Waals surface area contributed by atoms with Gasteiger partial charge in [0.05, 0.1) is 6.20 Å². The molecule has 122 valence electrons. The molecule has 0 unspecified atom stereocenters. The van der Waals surface area contributed by atoms with Crippen LogP contribution in [0, 0.1) is 5.92 Å². The Hall–Kier alpha value is -1.61. The Kier molecular flexibility index (Phi) is 4.21. The van der Waals surface area contributed by atoms with Crippen LogP contribution in [-0.2, 0) is 6.54 Å². The predicted octanol–water partition coefficient (Wildman–Crippen LogP) is 4.51. The first-order valence-electron chi connectivity index (χ1n) is 9.16. The summed E-state index contributed by atoms with van der Waals surface area (Å²) >= 11 is 0. The molecule has 1 aliphatic heterocycles. The van der Waals surface area contributed by atoms with Crippen LogP contribution in [0.25, 0.3) is 11.1 Å². The van der Waals surface area contributed by atoms with Gasteiger partial charge in [0.1, 0.15) is 0 Å². The molecule has 0 amide bonds. The smallest absolute Gasteiger partial charge is 0.0568 e. The number of nitrogens with zero attached hydrogens (tertiary/aromatic N) is 3. The minimum atomic E-state index is 0.530. The number of likely N-dealkylation sites (tertiary alicyclic amines) is 1. The normalized spacial score (nSPS) is 20.6. The SMILES string of the molecule is C[C@@H](c1ccc(-c2cnn(CC3CC3)c2)cc1)N1CCCCC1. The number of aromatic nitrogens is 2. The lowest BCUT2D eigenvalue weighted by atomic mass is 10.0. The summed E-state index contributed by atoms with van der Waals surface area (Å²) in [6.07, 6.45) is 11.0. The molecule has 0 N–H and O–H groups in total. The van der Waals surface area contributed by atoms with Gasteiger partial charge in [-0.1, -0.05) is 30.7 Å². The topological polar surface area (TPSA) is 21.1 Å². The molecule has 23 heavy (non-hydrogen) atoms. The number of rotatable bonds is 5. The molecule has 4 rings (SSSR count). The van der Waals surface area contributed by atoms with Crippen molar-refractivity contribution in [3.8, 4) is 11.1 Å². The van der Waals surface area contributed by atoms with Crippen LogP contribution in [0.5, 0.6) is 0 Å². The van der Waals surface area contributed by atoms with Gasteiger partial charge in [0, 0.05) is 24.3 Å². The van der Waals surface area contributed by atoms with Crippen LogP contribution in [0.15, 0.2) is 36.7 Å². The van der Waals surface area contributed by atoms with Gasteiger partial charge in [0.25, 0.3) is 0 Å². The van der Waals surface area contributed by atoms with E-state index >= 15 is 0 Å². The van der Waals surface area contributed by atoms with E-state index in [9.17, 15) is 0 Å². The lowest BCUT2D eigenvalue weighted by Gasteiger charge is -2.32. The molecule has 0 radical (unpaired) electrons. The second kappa shape index (κ2) is 6.48. The Morgan fingerprint density at radius 3 is 2.48 bits per heavy atom. The van der Waals surface area contributed by atoms with Gasteiger partial charge < -0.3 is 0 Å². The minimum absolute atomic E-state index is 0.530. The average Bonchev–Trinajstić information content (AvgIpc) is 3.30. The summed E-state index contributed by atoms with van der Waals surface area (Å²) in [7, 11) is 0. The fourth-order valence-electron chi connectivity index (χ4n) is 3.65. The van der Waals surface area contributed by atoms with Crippen LogP contribution in [-0.4, -0.2) is 27.8 Å². The first kappa shape index (κ1) is 14.9. The molecular weight excluding hydrogens is 282 g/mol. The van der Waals surface area contributed by atoms with E-state index in [0.29, 0.717) is 6.04 Å². The third kappa shape index (κ3) is 3.50. The van der Waals surface area contributed by atoms with Crippen LogP contribution in [0.1, 0.15) is 50.6 Å². The molecule has 3 heteroatoms. The summed E-state index contributed by atoms with van der Waals surface area (Å²) < 4.78 is 2.11. The number of piperidine rings is 1. The van der Waals surface area contributed by atoms with Crippen LogP contribution < -0.4 is 0 Å². The molecule has 0 bridgehead atoms. The zero-order valence-corrected chi connectivity index (χ0v) is 14.1. The molecule has 1 aliphatic carbocycles. The zero-order valence-electron chi connectivity index (χ0n) is 14.1. The van der Waals surface area contributed by atoms with Crippen LogP contribution in [0.4, 0.5) is 0 Å². The lowest BCUT2D eigenvalue weighted by Crippen LogP contribution is -2.32. The number of hydrogen-bond donors (Lipinski definition) is 0. The van der Waals surface area contributed by atoms with Crippen molar-refractivity contribution >= 4 is 0 Å². The van der Waals surface area contributed by atoms with E-state index in [2.05, 4.69) is 52.1 Å². The van der Waals surface area contributed by atoms with Gasteiger partial charge in [-0.2, -0.15) is 5.10 Å². The van der Waals surface area contributed by atoms with Gasteiger partial charge in [0.15, 0.2) is 0 Å². The van der Waals surface area contributed by atoms with E-state index in [1.807, 2.05) is 6.20 Å². The fourth-order valence-corrected chi connectivity index (χ4v) is 3.65. The molecule has 2 heterocycles. The second-order valence-electron chi connectivity index (χ2n) is 7.29. The van der Waals surface area contributed by atoms with E-state index < -0.39 is 0 Å². The molecular formula is C20H27N3. The van der Waals surface area contributed by atoms with E-state index in [1.54, 1.807) is 0 Å². The minimum Gasteiger partial charge on any atom is -0.297 e. The largest absolute Gasteiger partial charge is 0.297 e. The lowest BCUT2D eigenvalue weighted by molar-refractivity contribution is 0.175. The first-order valence-corrected chi connectivity index (χ1v) is 9.16. The Morgan fingerprint density at radius 2 is 1.78 bits per heavy atom. The quantitative estimate of drug-likeness (QED) is 0.810. The first-order chi connectivity index (χ1) is 11.3. The second-order valence-corrected chi connectivity index (χ2v) is 7.29. The summed E-state index contributed by atoms with van der Waals surface area (Å²) in [6, 6.07) is 9.64. The van der Waals surface area contributed by atoms with Gasteiger partial charge in [-0.05, 0) is 62.7 Å². The Bertz CT molecular complexity index is 633. The number of benzene rings is 1. The van der Waals surface area contributed by atoms with Crippen molar-refractivity contribution in [2.24, 2.45) is 5.92 Å². The molecule has 2 aromatic rings. The van der Waals surface area contributed by atoms with Crippen molar-refractivity contribution in [2.75, 3.05) is 13.1 Å². The molecule has 1 aromatic heterocycles. The predicted molar refractivity (Wildman–Crippen MR) is 94.2 cm³/mol. The third-order valence-electron chi connectivity index (χ3n) is 5.44. The van der Waals surface area contributed by atoms with Gasteiger partial charge in [-0.25, -0.2) is 0 Å². The third-order valence-corrected chi connectivity index (χ3v) is 5.44. The van der Waals surface area contributed by atoms with Crippen molar-refractivity contribution in [1.29, 1.82) is 0 Å². The van der Waals surface area contributed by atoms with Crippen molar-refractivity contribution in [2.45, 2.75) is 51.6 Å². The molecule has 1 aromatic carbocycles. The maximum absolute atomic E-state index is 4.51. The fraction of sp³-hybridized carbons (Fsp3) is 0.550. The highest BCUT2D eigenvalue weighted by Gasteiger charge is 2.22. The summed E-state index contributed by atoms with van der Waals surface area (Å²) in [4.78, 5) is 2.62. The highest BCUT2D eigenvalue weighted by atomic mass is 15.3. The Morgan fingerprint density at radius 1 is 1.04 bits per heavy atom. The molecule has 2 aliphatic rings. The van der Waals surface area contributed by atoms with Crippen molar-refractivity contribution in [3.63, 3.8) is 0 Å². The van der Waals surface area contributed by atoms with Gasteiger partial charge >= 0.3 is 0 Å². The maximum Gasteiger partial charge on any atom is 0.0568 e. The summed E-state index contributed by atoms with van der Waals surface area (Å²) in [5.41, 5.74) is 3.95. The number of hydrogen-bond acceptors (Lipinski definition) is 2. The van der Waals surface area contributed by atoms with Crippen LogP contribution in [0.2, 0.25) is 0 Å². The average molecular weight is 309 g/mol. The van der Waals surface area contributed by atoms with Crippen molar-refractivity contribution in [3.05, 3.63) is 42.2 Å². The zero-order chi connectivity index (χ0) is 15.6. The molecule has 0 spiro atoms. The Labute approximate surface area is 139 Å². The highest BCUT2D eigenvalue weighted by Crippen LogP contribution is 2.31. The van der Waals surface area contributed by atoms with E-state index in [0.717, 1.165) is 12.5 Å². The maximum atomic E-state index is 4.51. The van der Waals surface area contributed by atoms with Crippen molar-refractivity contribution in [1.82, 2.24) is 14.7 Å². The van der Waals surface area contributed by atoms with Crippen LogP contribution in [0.3, 0.4) is 0 Å². The summed E-state index contributed by atoms with van der Waals surface area (Å²) in [5, 5.41) is 4.51. The monoisotopic (exact) mass is 309 g/mol. The van der Waals surface area contributed by atoms with Crippen LogP contribution >= 0.6 is 0 Å². The molecule has 2 fully saturated rings. The Balaban J connectivity index is 1.45. The van der Waals surface area contributed by atoms with Gasteiger partial charge in [-0.15, -0.1) is 0 Å². The van der Waals surface area contributed by atoms with Crippen molar-refractivity contribution < 1.29 is 0 Å². The molecule has 1 atom stereocenters.